The first-order valence-electron chi connectivity index (χ1n) is 7.15. The van der Waals surface area contributed by atoms with Crippen LogP contribution in [0.25, 0.3) is 0 Å². The highest BCUT2D eigenvalue weighted by Gasteiger charge is 2.27. The quantitative estimate of drug-likeness (QED) is 0.817. The summed E-state index contributed by atoms with van der Waals surface area (Å²) < 4.78 is 29.8. The Kier molecular flexibility index (Phi) is 5.49. The second-order valence-electron chi connectivity index (χ2n) is 6.28. The van der Waals surface area contributed by atoms with Crippen LogP contribution in [-0.2, 0) is 12.3 Å². The van der Waals surface area contributed by atoms with Crippen molar-refractivity contribution in [2.75, 3.05) is 0 Å². The number of hydrogen-bond donors (Lipinski definition) is 1. The van der Waals surface area contributed by atoms with E-state index in [0.29, 0.717) is 35.5 Å². The van der Waals surface area contributed by atoms with Gasteiger partial charge in [0.05, 0.1) is 12.3 Å². The van der Waals surface area contributed by atoms with Gasteiger partial charge in [-0.15, -0.1) is 0 Å². The Balaban J connectivity index is 1.76. The molecule has 1 unspecified atom stereocenters. The van der Waals surface area contributed by atoms with Gasteiger partial charge in [0, 0.05) is 6.04 Å². The van der Waals surface area contributed by atoms with Crippen molar-refractivity contribution in [2.24, 2.45) is 5.41 Å². The topological polar surface area (TPSA) is 25.2 Å². The molecule has 0 radical (unpaired) electrons. The zero-order valence-corrected chi connectivity index (χ0v) is 12.9. The van der Waals surface area contributed by atoms with Crippen LogP contribution in [0.5, 0.6) is 0 Å². The minimum atomic E-state index is -2.34. The molecule has 1 saturated carbocycles. The lowest BCUT2D eigenvalue weighted by Gasteiger charge is -2.35. The molecule has 1 aliphatic rings. The lowest BCUT2D eigenvalue weighted by molar-refractivity contribution is 0.195. The van der Waals surface area contributed by atoms with Crippen molar-refractivity contribution in [3.63, 3.8) is 0 Å². The predicted molar refractivity (Wildman–Crippen MR) is 78.9 cm³/mol. The van der Waals surface area contributed by atoms with E-state index in [1.165, 1.54) is 25.7 Å². The summed E-state index contributed by atoms with van der Waals surface area (Å²) in [4.78, 5) is 0. The zero-order valence-electron chi connectivity index (χ0n) is 12.1. The van der Waals surface area contributed by atoms with Crippen LogP contribution >= 0.6 is 11.8 Å². The number of hydrogen-bond acceptors (Lipinski definition) is 3. The van der Waals surface area contributed by atoms with Crippen molar-refractivity contribution >= 4 is 11.8 Å². The third-order valence-electron chi connectivity index (χ3n) is 3.84. The predicted octanol–water partition coefficient (Wildman–Crippen LogP) is 4.79. The molecule has 2 rings (SSSR count). The number of halogens is 2. The molecule has 0 saturated heterocycles. The smallest absolute Gasteiger partial charge is 0.284 e. The van der Waals surface area contributed by atoms with Gasteiger partial charge in [-0.3, -0.25) is 0 Å². The van der Waals surface area contributed by atoms with E-state index in [0.717, 1.165) is 5.76 Å². The lowest BCUT2D eigenvalue weighted by Crippen LogP contribution is -2.36. The van der Waals surface area contributed by atoms with E-state index in [9.17, 15) is 8.78 Å². The Labute approximate surface area is 123 Å². The van der Waals surface area contributed by atoms with Crippen LogP contribution in [0.4, 0.5) is 8.78 Å². The second kappa shape index (κ2) is 6.94. The maximum absolute atomic E-state index is 12.1. The van der Waals surface area contributed by atoms with Crippen molar-refractivity contribution in [3.8, 4) is 0 Å². The molecule has 0 amide bonds. The molecule has 0 aromatic carbocycles. The summed E-state index contributed by atoms with van der Waals surface area (Å²) >= 11 is 0.596. The molecular weight excluding hydrogens is 280 g/mol. The Bertz CT molecular complexity index is 420. The van der Waals surface area contributed by atoms with Gasteiger partial charge in [0.1, 0.15) is 11.5 Å². The molecule has 1 fully saturated rings. The first kappa shape index (κ1) is 15.8. The number of nitrogens with one attached hydrogen (secondary N) is 1. The van der Waals surface area contributed by atoms with E-state index < -0.39 is 5.76 Å². The number of alkyl halides is 2. The molecule has 20 heavy (non-hydrogen) atoms. The summed E-state index contributed by atoms with van der Waals surface area (Å²) in [5, 5.41) is 3.52. The van der Waals surface area contributed by atoms with Gasteiger partial charge in [0.25, 0.3) is 5.76 Å². The van der Waals surface area contributed by atoms with Crippen molar-refractivity contribution in [3.05, 3.63) is 23.7 Å². The fourth-order valence-electron chi connectivity index (χ4n) is 2.86. The normalized spacial score (nSPS) is 22.4. The monoisotopic (exact) mass is 303 g/mol. The fourth-order valence-corrected chi connectivity index (χ4v) is 3.30. The summed E-state index contributed by atoms with van der Waals surface area (Å²) in [5.41, 5.74) is 0.415. The van der Waals surface area contributed by atoms with Gasteiger partial charge >= 0.3 is 0 Å². The maximum atomic E-state index is 12.1. The zero-order chi connectivity index (χ0) is 14.6. The van der Waals surface area contributed by atoms with E-state index in [1.807, 2.05) is 6.07 Å². The number of rotatable bonds is 6. The van der Waals surface area contributed by atoms with Crippen LogP contribution in [-0.4, -0.2) is 11.8 Å². The molecule has 114 valence electrons. The Hall–Kier alpha value is -0.550. The third kappa shape index (κ3) is 5.09. The van der Waals surface area contributed by atoms with Crippen molar-refractivity contribution in [1.82, 2.24) is 5.32 Å². The van der Waals surface area contributed by atoms with Crippen molar-refractivity contribution in [2.45, 2.75) is 63.6 Å². The fraction of sp³-hybridized carbons (Fsp3) is 0.733. The van der Waals surface area contributed by atoms with E-state index in [2.05, 4.69) is 19.2 Å². The van der Waals surface area contributed by atoms with Crippen LogP contribution in [0.1, 0.15) is 51.1 Å². The Morgan fingerprint density at radius 2 is 2.15 bits per heavy atom. The average Bonchev–Trinajstić information content (AvgIpc) is 2.81. The van der Waals surface area contributed by atoms with Gasteiger partial charge in [-0.2, -0.15) is 8.78 Å². The van der Waals surface area contributed by atoms with Gasteiger partial charge in [-0.25, -0.2) is 0 Å². The van der Waals surface area contributed by atoms with Gasteiger partial charge in [0.15, 0.2) is 0 Å². The first-order valence-corrected chi connectivity index (χ1v) is 8.20. The van der Waals surface area contributed by atoms with Crippen LogP contribution in [0, 0.1) is 5.41 Å². The van der Waals surface area contributed by atoms with Gasteiger partial charge < -0.3 is 9.73 Å². The highest BCUT2D eigenvalue weighted by atomic mass is 32.2. The molecule has 0 aliphatic heterocycles. The van der Waals surface area contributed by atoms with Crippen LogP contribution in [0.2, 0.25) is 0 Å². The Morgan fingerprint density at radius 3 is 2.85 bits per heavy atom. The molecule has 1 atom stereocenters. The summed E-state index contributed by atoms with van der Waals surface area (Å²) in [6, 6.07) is 4.20. The summed E-state index contributed by atoms with van der Waals surface area (Å²) in [5.74, 6) is -0.658. The van der Waals surface area contributed by atoms with Crippen LogP contribution in [0.15, 0.2) is 16.5 Å². The van der Waals surface area contributed by atoms with Crippen LogP contribution in [0.3, 0.4) is 0 Å². The Morgan fingerprint density at radius 1 is 1.40 bits per heavy atom. The second-order valence-corrected chi connectivity index (χ2v) is 7.26. The minimum absolute atomic E-state index is 0.230. The van der Waals surface area contributed by atoms with Gasteiger partial charge in [0.2, 0.25) is 0 Å². The standard InChI is InChI=1S/C15H23F2NOS/c1-15(2)7-3-4-11(8-15)18-9-12-5-6-13(19-12)10-20-14(16)17/h5-6,11,14,18H,3-4,7-10H2,1-2H3. The summed E-state index contributed by atoms with van der Waals surface area (Å²) in [6.45, 7) is 5.31. The van der Waals surface area contributed by atoms with E-state index in [-0.39, 0.29) is 5.75 Å². The molecule has 1 aliphatic carbocycles. The molecule has 5 heteroatoms. The minimum Gasteiger partial charge on any atom is -0.464 e. The molecule has 1 heterocycles. The molecule has 1 aromatic heterocycles. The van der Waals surface area contributed by atoms with Gasteiger partial charge in [-0.05, 0) is 36.8 Å². The molecular formula is C15H23F2NOS. The molecule has 2 nitrogen and oxygen atoms in total. The third-order valence-corrected chi connectivity index (χ3v) is 4.54. The lowest BCUT2D eigenvalue weighted by atomic mass is 9.75. The van der Waals surface area contributed by atoms with E-state index >= 15 is 0 Å². The highest BCUT2D eigenvalue weighted by Crippen LogP contribution is 2.35. The van der Waals surface area contributed by atoms with Crippen LogP contribution < -0.4 is 5.32 Å². The van der Waals surface area contributed by atoms with Crippen molar-refractivity contribution in [1.29, 1.82) is 0 Å². The van der Waals surface area contributed by atoms with E-state index in [1.54, 1.807) is 6.07 Å². The molecule has 1 N–H and O–H groups in total. The molecule has 0 bridgehead atoms. The van der Waals surface area contributed by atoms with Crippen molar-refractivity contribution < 1.29 is 13.2 Å². The maximum Gasteiger partial charge on any atom is 0.284 e. The summed E-state index contributed by atoms with van der Waals surface area (Å²) in [7, 11) is 0. The van der Waals surface area contributed by atoms with E-state index in [4.69, 9.17) is 4.42 Å². The molecule has 1 aromatic rings. The summed E-state index contributed by atoms with van der Waals surface area (Å²) in [6.07, 6.45) is 4.94. The number of furan rings is 1. The average molecular weight is 303 g/mol. The van der Waals surface area contributed by atoms with Gasteiger partial charge in [-0.1, -0.05) is 32.0 Å². The SMILES string of the molecule is CC1(C)CCCC(NCc2ccc(CSC(F)F)o2)C1. The first-order chi connectivity index (χ1) is 9.44. The largest absolute Gasteiger partial charge is 0.464 e. The molecule has 0 spiro atoms. The highest BCUT2D eigenvalue weighted by molar-refractivity contribution is 7.98. The number of thioether (sulfide) groups is 1.